The maximum absolute atomic E-state index is 12.6. The minimum atomic E-state index is -4.17. The molecule has 18 heavy (non-hydrogen) atoms. The molecular weight excluding hydrogens is 245 g/mol. The van der Waals surface area contributed by atoms with E-state index in [0.29, 0.717) is 0 Å². The van der Waals surface area contributed by atoms with Crippen LogP contribution in [0.25, 0.3) is 0 Å². The van der Waals surface area contributed by atoms with Gasteiger partial charge in [0, 0.05) is 6.04 Å². The summed E-state index contributed by atoms with van der Waals surface area (Å²) >= 11 is 0. The average Bonchev–Trinajstić information content (AvgIpc) is 2.28. The van der Waals surface area contributed by atoms with Crippen molar-refractivity contribution in [3.63, 3.8) is 0 Å². The number of halogens is 3. The summed E-state index contributed by atoms with van der Waals surface area (Å²) in [5.41, 5.74) is 4.42. The quantitative estimate of drug-likeness (QED) is 0.820. The van der Waals surface area contributed by atoms with E-state index in [9.17, 15) is 18.0 Å². The van der Waals surface area contributed by atoms with Gasteiger partial charge in [0.25, 0.3) is 0 Å². The molecule has 0 aliphatic heterocycles. The first-order valence-electron chi connectivity index (χ1n) is 6.35. The highest BCUT2D eigenvalue weighted by Crippen LogP contribution is 2.41. The standard InChI is InChI=1S/C12H21F3N2O/c1-3-8(2)17-11(10(16)18)6-4-9(5-7-11)12(13,14)15/h8-9,17H,3-7H2,1-2H3,(H2,16,18). The second-order valence-corrected chi connectivity index (χ2v) is 5.22. The van der Waals surface area contributed by atoms with Gasteiger partial charge in [-0.05, 0) is 39.0 Å². The Kier molecular flexibility index (Phi) is 4.64. The van der Waals surface area contributed by atoms with Crippen LogP contribution in [0.4, 0.5) is 13.2 Å². The Bertz CT molecular complexity index is 296. The van der Waals surface area contributed by atoms with E-state index in [-0.39, 0.29) is 31.7 Å². The molecule has 1 atom stereocenters. The number of carbonyl (C=O) groups excluding carboxylic acids is 1. The van der Waals surface area contributed by atoms with Crippen LogP contribution >= 0.6 is 0 Å². The van der Waals surface area contributed by atoms with E-state index in [0.717, 1.165) is 6.42 Å². The molecule has 3 nitrogen and oxygen atoms in total. The lowest BCUT2D eigenvalue weighted by molar-refractivity contribution is -0.186. The SMILES string of the molecule is CCC(C)NC1(C(N)=O)CCC(C(F)(F)F)CC1. The molecule has 0 heterocycles. The van der Waals surface area contributed by atoms with E-state index in [1.54, 1.807) is 0 Å². The third kappa shape index (κ3) is 3.37. The third-order valence-corrected chi connectivity index (χ3v) is 3.91. The van der Waals surface area contributed by atoms with Crippen LogP contribution in [-0.2, 0) is 4.79 Å². The van der Waals surface area contributed by atoms with Crippen LogP contribution in [0.3, 0.4) is 0 Å². The molecule has 6 heteroatoms. The van der Waals surface area contributed by atoms with Gasteiger partial charge in [0.15, 0.2) is 0 Å². The van der Waals surface area contributed by atoms with Crippen molar-refractivity contribution in [3.8, 4) is 0 Å². The van der Waals surface area contributed by atoms with Gasteiger partial charge in [0.05, 0.1) is 11.5 Å². The molecule has 0 radical (unpaired) electrons. The van der Waals surface area contributed by atoms with Crippen LogP contribution < -0.4 is 11.1 Å². The number of rotatable bonds is 4. The molecule has 1 fully saturated rings. The zero-order valence-corrected chi connectivity index (χ0v) is 10.8. The van der Waals surface area contributed by atoms with Gasteiger partial charge in [0.2, 0.25) is 5.91 Å². The van der Waals surface area contributed by atoms with Crippen molar-refractivity contribution in [1.29, 1.82) is 0 Å². The Labute approximate surface area is 105 Å². The molecule has 0 aromatic carbocycles. The van der Waals surface area contributed by atoms with Gasteiger partial charge in [-0.15, -0.1) is 0 Å². The Morgan fingerprint density at radius 1 is 1.44 bits per heavy atom. The summed E-state index contributed by atoms with van der Waals surface area (Å²) in [6, 6.07) is 0.0694. The normalized spacial score (nSPS) is 31.1. The summed E-state index contributed by atoms with van der Waals surface area (Å²) in [4.78, 5) is 11.6. The predicted molar refractivity (Wildman–Crippen MR) is 62.8 cm³/mol. The Hall–Kier alpha value is -0.780. The largest absolute Gasteiger partial charge is 0.391 e. The number of carbonyl (C=O) groups is 1. The molecule has 1 saturated carbocycles. The van der Waals surface area contributed by atoms with Crippen molar-refractivity contribution in [2.45, 2.75) is 63.7 Å². The lowest BCUT2D eigenvalue weighted by Gasteiger charge is -2.40. The summed E-state index contributed by atoms with van der Waals surface area (Å²) in [6.45, 7) is 3.86. The first-order valence-corrected chi connectivity index (χ1v) is 6.35. The number of primary amides is 1. The van der Waals surface area contributed by atoms with Gasteiger partial charge >= 0.3 is 6.18 Å². The highest BCUT2D eigenvalue weighted by atomic mass is 19.4. The van der Waals surface area contributed by atoms with Gasteiger partial charge in [-0.25, -0.2) is 0 Å². The molecule has 3 N–H and O–H groups in total. The van der Waals surface area contributed by atoms with Crippen LogP contribution in [-0.4, -0.2) is 23.7 Å². The second-order valence-electron chi connectivity index (χ2n) is 5.22. The van der Waals surface area contributed by atoms with Gasteiger partial charge in [-0.2, -0.15) is 13.2 Å². The molecule has 0 bridgehead atoms. The van der Waals surface area contributed by atoms with Crippen LogP contribution in [0.1, 0.15) is 46.0 Å². The number of alkyl halides is 3. The lowest BCUT2D eigenvalue weighted by atomic mass is 9.75. The maximum atomic E-state index is 12.6. The van der Waals surface area contributed by atoms with E-state index < -0.39 is 23.5 Å². The molecule has 0 aromatic rings. The van der Waals surface area contributed by atoms with Crippen molar-refractivity contribution < 1.29 is 18.0 Å². The average molecular weight is 266 g/mol. The van der Waals surface area contributed by atoms with Crippen LogP contribution in [0.15, 0.2) is 0 Å². The molecule has 0 spiro atoms. The second kappa shape index (κ2) is 5.47. The fraction of sp³-hybridized carbons (Fsp3) is 0.917. The smallest absolute Gasteiger partial charge is 0.368 e. The topological polar surface area (TPSA) is 55.1 Å². The fourth-order valence-electron chi connectivity index (χ4n) is 2.47. The lowest BCUT2D eigenvalue weighted by Crippen LogP contribution is -2.60. The van der Waals surface area contributed by atoms with Crippen LogP contribution in [0.5, 0.6) is 0 Å². The fourth-order valence-corrected chi connectivity index (χ4v) is 2.47. The van der Waals surface area contributed by atoms with Gasteiger partial charge in [-0.1, -0.05) is 6.92 Å². The maximum Gasteiger partial charge on any atom is 0.391 e. The van der Waals surface area contributed by atoms with Crippen molar-refractivity contribution >= 4 is 5.91 Å². The first kappa shape index (κ1) is 15.3. The first-order chi connectivity index (χ1) is 8.21. The molecule has 1 unspecified atom stereocenters. The van der Waals surface area contributed by atoms with Gasteiger partial charge in [-0.3, -0.25) is 4.79 Å². The zero-order chi connectivity index (χ0) is 14.0. The number of amides is 1. The molecule has 106 valence electrons. The molecular formula is C12H21F3N2O. The molecule has 0 saturated heterocycles. The molecule has 1 amide bonds. The molecule has 1 aliphatic rings. The Morgan fingerprint density at radius 3 is 2.28 bits per heavy atom. The minimum absolute atomic E-state index is 0.0319. The number of hydrogen-bond donors (Lipinski definition) is 2. The zero-order valence-electron chi connectivity index (χ0n) is 10.8. The van der Waals surface area contributed by atoms with Crippen LogP contribution in [0, 0.1) is 5.92 Å². The van der Waals surface area contributed by atoms with Gasteiger partial charge < -0.3 is 11.1 Å². The van der Waals surface area contributed by atoms with Gasteiger partial charge in [0.1, 0.15) is 0 Å². The van der Waals surface area contributed by atoms with E-state index in [2.05, 4.69) is 5.32 Å². The summed E-state index contributed by atoms with van der Waals surface area (Å²) < 4.78 is 37.8. The third-order valence-electron chi connectivity index (χ3n) is 3.91. The summed E-state index contributed by atoms with van der Waals surface area (Å²) in [5.74, 6) is -1.84. The highest BCUT2D eigenvalue weighted by molar-refractivity contribution is 5.84. The summed E-state index contributed by atoms with van der Waals surface area (Å²) in [5, 5.41) is 3.11. The predicted octanol–water partition coefficient (Wildman–Crippen LogP) is 2.35. The van der Waals surface area contributed by atoms with E-state index in [4.69, 9.17) is 5.73 Å². The summed E-state index contributed by atoms with van der Waals surface area (Å²) in [6.07, 6.45) is -3.10. The van der Waals surface area contributed by atoms with Crippen molar-refractivity contribution in [2.75, 3.05) is 0 Å². The molecule has 1 aliphatic carbocycles. The Morgan fingerprint density at radius 2 is 1.94 bits per heavy atom. The number of nitrogens with two attached hydrogens (primary N) is 1. The number of nitrogens with one attached hydrogen (secondary N) is 1. The minimum Gasteiger partial charge on any atom is -0.368 e. The highest BCUT2D eigenvalue weighted by Gasteiger charge is 2.48. The van der Waals surface area contributed by atoms with Crippen molar-refractivity contribution in [1.82, 2.24) is 5.32 Å². The molecule has 0 aromatic heterocycles. The van der Waals surface area contributed by atoms with E-state index in [1.165, 1.54) is 0 Å². The van der Waals surface area contributed by atoms with Crippen molar-refractivity contribution in [2.24, 2.45) is 11.7 Å². The Balaban J connectivity index is 2.72. The van der Waals surface area contributed by atoms with E-state index >= 15 is 0 Å². The number of hydrogen-bond acceptors (Lipinski definition) is 2. The van der Waals surface area contributed by atoms with Crippen LogP contribution in [0.2, 0.25) is 0 Å². The van der Waals surface area contributed by atoms with Crippen molar-refractivity contribution in [3.05, 3.63) is 0 Å². The molecule has 1 rings (SSSR count). The summed E-state index contributed by atoms with van der Waals surface area (Å²) in [7, 11) is 0. The van der Waals surface area contributed by atoms with E-state index in [1.807, 2.05) is 13.8 Å². The monoisotopic (exact) mass is 266 g/mol.